The third-order valence-electron chi connectivity index (χ3n) is 3.90. The van der Waals surface area contributed by atoms with Gasteiger partial charge in [0.2, 0.25) is 0 Å². The molecule has 0 heterocycles. The smallest absolute Gasteiger partial charge is 0.309 e. The minimum absolute atomic E-state index is 0.184. The highest BCUT2D eigenvalue weighted by molar-refractivity contribution is 5.75. The van der Waals surface area contributed by atoms with Crippen LogP contribution < -0.4 is 0 Å². The zero-order valence-electron chi connectivity index (χ0n) is 7.05. The molecule has 0 spiro atoms. The van der Waals surface area contributed by atoms with Gasteiger partial charge < -0.3 is 5.11 Å². The van der Waals surface area contributed by atoms with Gasteiger partial charge in [-0.1, -0.05) is 0 Å². The van der Waals surface area contributed by atoms with Crippen LogP contribution in [-0.2, 0) is 4.79 Å². The van der Waals surface area contributed by atoms with Crippen LogP contribution in [0.3, 0.4) is 0 Å². The average molecular weight is 154 g/mol. The van der Waals surface area contributed by atoms with Gasteiger partial charge in [-0.15, -0.1) is 0 Å². The molecule has 2 bridgehead atoms. The summed E-state index contributed by atoms with van der Waals surface area (Å²) in [5.74, 6) is 0.240. The van der Waals surface area contributed by atoms with Gasteiger partial charge in [0.1, 0.15) is 0 Å². The highest BCUT2D eigenvalue weighted by Gasteiger charge is 2.66. The Hall–Kier alpha value is -0.530. The van der Waals surface area contributed by atoms with Gasteiger partial charge in [0, 0.05) is 0 Å². The predicted octanol–water partition coefficient (Wildman–Crippen LogP) is 1.90. The molecule has 0 saturated heterocycles. The van der Waals surface area contributed by atoms with E-state index in [0.29, 0.717) is 0 Å². The van der Waals surface area contributed by atoms with Crippen LogP contribution in [0, 0.1) is 16.7 Å². The maximum atomic E-state index is 10.9. The number of hydrogen-bond acceptors (Lipinski definition) is 1. The van der Waals surface area contributed by atoms with Crippen molar-refractivity contribution in [1.29, 1.82) is 0 Å². The van der Waals surface area contributed by atoms with Crippen LogP contribution in [0.15, 0.2) is 0 Å². The summed E-state index contributed by atoms with van der Waals surface area (Å²) < 4.78 is 0. The summed E-state index contributed by atoms with van der Waals surface area (Å²) >= 11 is 0. The van der Waals surface area contributed by atoms with Crippen molar-refractivity contribution in [1.82, 2.24) is 0 Å². The molecule has 11 heavy (non-hydrogen) atoms. The Labute approximate surface area is 66.6 Å². The second-order valence-electron chi connectivity index (χ2n) is 4.69. The molecular weight excluding hydrogens is 140 g/mol. The van der Waals surface area contributed by atoms with E-state index in [9.17, 15) is 4.79 Å². The molecule has 0 radical (unpaired) electrons. The lowest BCUT2D eigenvalue weighted by atomic mass is 9.36. The van der Waals surface area contributed by atoms with Gasteiger partial charge in [-0.05, 0) is 44.4 Å². The molecule has 0 unspecified atom stereocenters. The Kier molecular flexibility index (Phi) is 1.05. The highest BCUT2D eigenvalue weighted by atomic mass is 16.4. The second-order valence-corrected chi connectivity index (χ2v) is 4.69. The second kappa shape index (κ2) is 1.62. The highest BCUT2D eigenvalue weighted by Crippen LogP contribution is 2.71. The largest absolute Gasteiger partial charge is 0.481 e. The molecule has 3 aliphatic carbocycles. The van der Waals surface area contributed by atoms with E-state index in [0.717, 1.165) is 25.2 Å². The summed E-state index contributed by atoms with van der Waals surface area (Å²) in [6.45, 7) is 3.73. The van der Waals surface area contributed by atoms with Crippen molar-refractivity contribution in [3.63, 3.8) is 0 Å². The molecule has 2 nitrogen and oxygen atoms in total. The fourth-order valence-corrected chi connectivity index (χ4v) is 2.47. The van der Waals surface area contributed by atoms with Crippen molar-refractivity contribution >= 4 is 5.97 Å². The summed E-state index contributed by atoms with van der Waals surface area (Å²) in [5, 5.41) is 8.97. The summed E-state index contributed by atoms with van der Waals surface area (Å²) in [4.78, 5) is 10.9. The van der Waals surface area contributed by atoms with Gasteiger partial charge >= 0.3 is 5.97 Å². The lowest BCUT2D eigenvalue weighted by Gasteiger charge is -2.67. The third-order valence-corrected chi connectivity index (χ3v) is 3.90. The molecule has 3 saturated carbocycles. The predicted molar refractivity (Wildman–Crippen MR) is 41.2 cm³/mol. The number of aliphatic carboxylic acids is 1. The van der Waals surface area contributed by atoms with Gasteiger partial charge in [0.05, 0.1) is 5.41 Å². The number of carboxylic acids is 1. The maximum absolute atomic E-state index is 10.9. The number of hydrogen-bond donors (Lipinski definition) is 1. The molecule has 3 fully saturated rings. The molecule has 2 heteroatoms. The van der Waals surface area contributed by atoms with Crippen molar-refractivity contribution < 1.29 is 9.90 Å². The van der Waals surface area contributed by atoms with Gasteiger partial charge in [-0.3, -0.25) is 4.79 Å². The van der Waals surface area contributed by atoms with Crippen LogP contribution in [0.4, 0.5) is 0 Å². The summed E-state index contributed by atoms with van der Waals surface area (Å²) in [6, 6.07) is 0. The molecule has 0 aliphatic heterocycles. The zero-order chi connectivity index (χ0) is 8.28. The minimum atomic E-state index is -0.629. The average Bonchev–Trinajstić information content (AvgIpc) is 1.52. The molecule has 3 rings (SSSR count). The van der Waals surface area contributed by atoms with Crippen LogP contribution in [0.5, 0.6) is 0 Å². The maximum Gasteiger partial charge on any atom is 0.309 e. The topological polar surface area (TPSA) is 37.3 Å². The summed E-state index contributed by atoms with van der Waals surface area (Å²) in [7, 11) is 0. The van der Waals surface area contributed by atoms with Crippen molar-refractivity contribution in [3.8, 4) is 0 Å². The molecule has 0 atom stereocenters. The monoisotopic (exact) mass is 154 g/mol. The third kappa shape index (κ3) is 0.608. The van der Waals surface area contributed by atoms with Crippen LogP contribution >= 0.6 is 0 Å². The van der Waals surface area contributed by atoms with Crippen molar-refractivity contribution in [2.45, 2.75) is 33.1 Å². The van der Waals surface area contributed by atoms with E-state index >= 15 is 0 Å². The van der Waals surface area contributed by atoms with Crippen molar-refractivity contribution in [2.75, 3.05) is 0 Å². The van der Waals surface area contributed by atoms with Gasteiger partial charge in [-0.25, -0.2) is 0 Å². The standard InChI is InChI=1S/C9H14O2/c1-8(2,7(10)11)9-3-6(4-9)5-9/h6H,3-5H2,1-2H3,(H,10,11). The molecular formula is C9H14O2. The Bertz CT molecular complexity index is 201. The van der Waals surface area contributed by atoms with Gasteiger partial charge in [0.15, 0.2) is 0 Å². The van der Waals surface area contributed by atoms with E-state index < -0.39 is 11.4 Å². The molecule has 0 aromatic heterocycles. The van der Waals surface area contributed by atoms with Crippen molar-refractivity contribution in [2.24, 2.45) is 16.7 Å². The van der Waals surface area contributed by atoms with E-state index in [-0.39, 0.29) is 5.41 Å². The molecule has 0 aromatic rings. The Morgan fingerprint density at radius 3 is 2.00 bits per heavy atom. The number of carboxylic acid groups (broad SMARTS) is 1. The van der Waals surface area contributed by atoms with Gasteiger partial charge in [0.25, 0.3) is 0 Å². The first-order chi connectivity index (χ1) is 4.98. The van der Waals surface area contributed by atoms with E-state index in [4.69, 9.17) is 5.11 Å². The summed E-state index contributed by atoms with van der Waals surface area (Å²) in [5.41, 5.74) is -0.300. The van der Waals surface area contributed by atoms with E-state index in [1.807, 2.05) is 13.8 Å². The molecule has 0 amide bonds. The number of carbonyl (C=O) groups is 1. The van der Waals surface area contributed by atoms with Crippen LogP contribution in [0.2, 0.25) is 0 Å². The molecule has 1 N–H and O–H groups in total. The van der Waals surface area contributed by atoms with Crippen molar-refractivity contribution in [3.05, 3.63) is 0 Å². The quantitative estimate of drug-likeness (QED) is 0.659. The van der Waals surface area contributed by atoms with E-state index in [1.54, 1.807) is 0 Å². The lowest BCUT2D eigenvalue weighted by Crippen LogP contribution is -2.62. The Morgan fingerprint density at radius 1 is 1.45 bits per heavy atom. The molecule has 0 aromatic carbocycles. The first-order valence-electron chi connectivity index (χ1n) is 4.21. The fourth-order valence-electron chi connectivity index (χ4n) is 2.47. The Morgan fingerprint density at radius 2 is 1.91 bits per heavy atom. The molecule has 62 valence electrons. The SMILES string of the molecule is CC(C)(C(=O)O)C12CC(C1)C2. The van der Waals surface area contributed by atoms with Crippen LogP contribution in [0.25, 0.3) is 0 Å². The van der Waals surface area contributed by atoms with E-state index in [2.05, 4.69) is 0 Å². The zero-order valence-corrected chi connectivity index (χ0v) is 7.05. The van der Waals surface area contributed by atoms with Crippen LogP contribution in [-0.4, -0.2) is 11.1 Å². The molecule has 3 aliphatic rings. The van der Waals surface area contributed by atoms with Crippen LogP contribution in [0.1, 0.15) is 33.1 Å². The normalized spacial score (nSPS) is 40.7. The first-order valence-corrected chi connectivity index (χ1v) is 4.21. The lowest BCUT2D eigenvalue weighted by molar-refractivity contribution is -0.206. The van der Waals surface area contributed by atoms with Gasteiger partial charge in [-0.2, -0.15) is 0 Å². The first kappa shape index (κ1) is 7.14. The van der Waals surface area contributed by atoms with E-state index in [1.165, 1.54) is 0 Å². The minimum Gasteiger partial charge on any atom is -0.481 e. The Balaban J connectivity index is 2.19. The summed E-state index contributed by atoms with van der Waals surface area (Å²) in [6.07, 6.45) is 3.48. The number of rotatable bonds is 2. The fraction of sp³-hybridized carbons (Fsp3) is 0.889.